The van der Waals surface area contributed by atoms with Crippen molar-refractivity contribution in [2.24, 2.45) is 5.92 Å². The van der Waals surface area contributed by atoms with Crippen LogP contribution < -0.4 is 0 Å². The second kappa shape index (κ2) is 4.16. The first-order valence-corrected chi connectivity index (χ1v) is 5.74. The molecule has 0 bridgehead atoms. The molecule has 2 nitrogen and oxygen atoms in total. The van der Waals surface area contributed by atoms with E-state index in [4.69, 9.17) is 35.4 Å². The molecule has 0 fully saturated rings. The summed E-state index contributed by atoms with van der Waals surface area (Å²) in [7, 11) is 0. The Kier molecular flexibility index (Phi) is 3.05. The van der Waals surface area contributed by atoms with Gasteiger partial charge in [-0.25, -0.2) is 0 Å². The van der Waals surface area contributed by atoms with Gasteiger partial charge < -0.3 is 9.55 Å². The first-order valence-electron chi connectivity index (χ1n) is 4.57. The first kappa shape index (κ1) is 11.0. The van der Waals surface area contributed by atoms with Gasteiger partial charge in [-0.1, -0.05) is 41.4 Å². The predicted octanol–water partition coefficient (Wildman–Crippen LogP) is 3.46. The predicted molar refractivity (Wildman–Crippen MR) is 65.8 cm³/mol. The molecule has 80 valence electrons. The zero-order chi connectivity index (χ0) is 10.9. The molecule has 0 aliphatic heterocycles. The van der Waals surface area contributed by atoms with Crippen molar-refractivity contribution >= 4 is 35.4 Å². The maximum Gasteiger partial charge on any atom is 0.177 e. The van der Waals surface area contributed by atoms with E-state index >= 15 is 0 Å². The van der Waals surface area contributed by atoms with Crippen molar-refractivity contribution in [3.63, 3.8) is 0 Å². The molecular weight excluding hydrogens is 251 g/mol. The van der Waals surface area contributed by atoms with Crippen LogP contribution in [-0.2, 0) is 6.54 Å². The van der Waals surface area contributed by atoms with Gasteiger partial charge in [0.2, 0.25) is 0 Å². The number of allylic oxidation sites excluding steroid dienone is 4. The minimum atomic E-state index is -0.846. The summed E-state index contributed by atoms with van der Waals surface area (Å²) in [5.41, 5.74) is 0. The van der Waals surface area contributed by atoms with E-state index in [0.29, 0.717) is 11.3 Å². The first-order chi connectivity index (χ1) is 7.09. The standard InChI is InChI=1S/C10H10Cl2N2S/c11-10(12)4-2-1-3-8(10)7-14-6-5-13-9(14)15/h1-6,8H,7H2,(H,13,15). The Morgan fingerprint density at radius 3 is 2.87 bits per heavy atom. The van der Waals surface area contributed by atoms with Crippen molar-refractivity contribution in [1.29, 1.82) is 0 Å². The van der Waals surface area contributed by atoms with Gasteiger partial charge >= 0.3 is 0 Å². The highest BCUT2D eigenvalue weighted by Crippen LogP contribution is 2.36. The highest BCUT2D eigenvalue weighted by molar-refractivity contribution is 7.71. The number of imidazole rings is 1. The number of nitrogens with zero attached hydrogens (tertiary/aromatic N) is 1. The minimum absolute atomic E-state index is 0.0355. The van der Waals surface area contributed by atoms with E-state index in [1.165, 1.54) is 0 Å². The van der Waals surface area contributed by atoms with Gasteiger partial charge in [0, 0.05) is 24.9 Å². The molecule has 1 unspecified atom stereocenters. The van der Waals surface area contributed by atoms with Gasteiger partial charge in [0.25, 0.3) is 0 Å². The van der Waals surface area contributed by atoms with Crippen molar-refractivity contribution in [3.8, 4) is 0 Å². The van der Waals surface area contributed by atoms with Crippen LogP contribution >= 0.6 is 35.4 Å². The van der Waals surface area contributed by atoms with Gasteiger partial charge in [-0.05, 0) is 18.3 Å². The molecule has 1 heterocycles. The highest BCUT2D eigenvalue weighted by Gasteiger charge is 2.31. The smallest absolute Gasteiger partial charge is 0.177 e. The van der Waals surface area contributed by atoms with Gasteiger partial charge in [0.15, 0.2) is 4.77 Å². The summed E-state index contributed by atoms with van der Waals surface area (Å²) in [6.07, 6.45) is 11.3. The second-order valence-electron chi connectivity index (χ2n) is 3.44. The number of H-pyrrole nitrogens is 1. The number of aromatic nitrogens is 2. The van der Waals surface area contributed by atoms with Crippen LogP contribution in [0.15, 0.2) is 36.7 Å². The summed E-state index contributed by atoms with van der Waals surface area (Å²) in [5.74, 6) is 0.0355. The molecule has 1 aliphatic carbocycles. The molecular formula is C10H10Cl2N2S. The summed E-state index contributed by atoms with van der Waals surface area (Å²) >= 11 is 17.5. The Bertz CT molecular complexity index is 456. The van der Waals surface area contributed by atoms with E-state index in [0.717, 1.165) is 0 Å². The summed E-state index contributed by atoms with van der Waals surface area (Å²) < 4.78 is 1.76. The van der Waals surface area contributed by atoms with Crippen LogP contribution in [0.5, 0.6) is 0 Å². The molecule has 1 aliphatic rings. The van der Waals surface area contributed by atoms with Gasteiger partial charge in [-0.2, -0.15) is 0 Å². The van der Waals surface area contributed by atoms with Gasteiger partial charge in [0.05, 0.1) is 0 Å². The van der Waals surface area contributed by atoms with Crippen LogP contribution in [-0.4, -0.2) is 13.9 Å². The fraction of sp³-hybridized carbons (Fsp3) is 0.300. The monoisotopic (exact) mass is 260 g/mol. The molecule has 1 N–H and O–H groups in total. The quantitative estimate of drug-likeness (QED) is 0.638. The van der Waals surface area contributed by atoms with Gasteiger partial charge in [-0.3, -0.25) is 0 Å². The van der Waals surface area contributed by atoms with E-state index in [1.54, 1.807) is 12.3 Å². The Morgan fingerprint density at radius 1 is 1.47 bits per heavy atom. The van der Waals surface area contributed by atoms with Crippen molar-refractivity contribution in [2.75, 3.05) is 0 Å². The summed E-state index contributed by atoms with van der Waals surface area (Å²) in [5, 5.41) is 0. The molecule has 0 saturated carbocycles. The van der Waals surface area contributed by atoms with Crippen molar-refractivity contribution in [3.05, 3.63) is 41.5 Å². The third-order valence-corrected chi connectivity index (χ3v) is 3.55. The van der Waals surface area contributed by atoms with Crippen LogP contribution in [0.3, 0.4) is 0 Å². The number of hydrogen-bond acceptors (Lipinski definition) is 1. The maximum absolute atomic E-state index is 6.18. The molecule has 0 spiro atoms. The largest absolute Gasteiger partial charge is 0.337 e. The lowest BCUT2D eigenvalue weighted by Crippen LogP contribution is -2.27. The average molecular weight is 261 g/mol. The number of rotatable bonds is 2. The number of alkyl halides is 2. The van der Waals surface area contributed by atoms with Gasteiger partial charge in [-0.15, -0.1) is 0 Å². The zero-order valence-electron chi connectivity index (χ0n) is 7.86. The molecule has 0 saturated heterocycles. The average Bonchev–Trinajstić information content (AvgIpc) is 2.56. The lowest BCUT2D eigenvalue weighted by atomic mass is 10.00. The van der Waals surface area contributed by atoms with Crippen LogP contribution in [0.2, 0.25) is 0 Å². The van der Waals surface area contributed by atoms with Gasteiger partial charge in [0.1, 0.15) is 4.33 Å². The molecule has 1 aromatic rings. The highest BCUT2D eigenvalue weighted by atomic mass is 35.5. The Morgan fingerprint density at radius 2 is 2.27 bits per heavy atom. The minimum Gasteiger partial charge on any atom is -0.337 e. The molecule has 1 atom stereocenters. The van der Waals surface area contributed by atoms with Crippen LogP contribution in [0, 0.1) is 10.7 Å². The normalized spacial score (nSPS) is 23.2. The fourth-order valence-electron chi connectivity index (χ4n) is 1.52. The number of hydrogen-bond donors (Lipinski definition) is 1. The van der Waals surface area contributed by atoms with E-state index in [2.05, 4.69) is 4.98 Å². The zero-order valence-corrected chi connectivity index (χ0v) is 10.2. The molecule has 2 rings (SSSR count). The Labute approximate surface area is 103 Å². The third-order valence-electron chi connectivity index (χ3n) is 2.38. The SMILES string of the molecule is S=c1[nH]ccn1CC1C=CC=CC1(Cl)Cl. The molecule has 0 amide bonds. The van der Waals surface area contributed by atoms with E-state index in [-0.39, 0.29) is 5.92 Å². The topological polar surface area (TPSA) is 20.7 Å². The van der Waals surface area contributed by atoms with E-state index < -0.39 is 4.33 Å². The maximum atomic E-state index is 6.18. The van der Waals surface area contributed by atoms with Crippen LogP contribution in [0.4, 0.5) is 0 Å². The van der Waals surface area contributed by atoms with E-state index in [1.807, 2.05) is 29.0 Å². The fourth-order valence-corrected chi connectivity index (χ4v) is 2.15. The molecule has 1 aromatic heterocycles. The molecule has 0 radical (unpaired) electrons. The number of halogens is 2. The lowest BCUT2D eigenvalue weighted by Gasteiger charge is -2.26. The summed E-state index contributed by atoms with van der Waals surface area (Å²) in [4.78, 5) is 2.94. The Hall–Kier alpha value is -0.510. The van der Waals surface area contributed by atoms with E-state index in [9.17, 15) is 0 Å². The molecule has 0 aromatic carbocycles. The third kappa shape index (κ3) is 2.36. The second-order valence-corrected chi connectivity index (χ2v) is 5.27. The molecule has 5 heteroatoms. The van der Waals surface area contributed by atoms with Crippen molar-refractivity contribution < 1.29 is 0 Å². The van der Waals surface area contributed by atoms with Crippen LogP contribution in [0.25, 0.3) is 0 Å². The van der Waals surface area contributed by atoms with Crippen molar-refractivity contribution in [2.45, 2.75) is 10.9 Å². The lowest BCUT2D eigenvalue weighted by molar-refractivity contribution is 0.508. The Balaban J connectivity index is 2.20. The molecule has 15 heavy (non-hydrogen) atoms. The van der Waals surface area contributed by atoms with Crippen molar-refractivity contribution in [1.82, 2.24) is 9.55 Å². The number of nitrogens with one attached hydrogen (secondary N) is 1. The summed E-state index contributed by atoms with van der Waals surface area (Å²) in [6.45, 7) is 0.677. The number of aromatic amines is 1. The van der Waals surface area contributed by atoms with Crippen LogP contribution in [0.1, 0.15) is 0 Å². The summed E-state index contributed by atoms with van der Waals surface area (Å²) in [6, 6.07) is 0.